The third-order valence-electron chi connectivity index (χ3n) is 10.8. The molecule has 0 spiro atoms. The van der Waals surface area contributed by atoms with Gasteiger partial charge in [0, 0.05) is 6.07 Å². The van der Waals surface area contributed by atoms with Gasteiger partial charge in [0.2, 0.25) is 23.6 Å². The van der Waals surface area contributed by atoms with E-state index in [4.69, 9.17) is 4.74 Å². The van der Waals surface area contributed by atoms with Crippen LogP contribution in [0.5, 0.6) is 5.75 Å². The smallest absolute Gasteiger partial charge is 0.343 e. The summed E-state index contributed by atoms with van der Waals surface area (Å²) in [5.74, 6) is -1.64. The Bertz CT molecular complexity index is 1690. The highest BCUT2D eigenvalue weighted by atomic mass is 16.5. The van der Waals surface area contributed by atoms with Crippen molar-refractivity contribution in [3.05, 3.63) is 90.0 Å². The van der Waals surface area contributed by atoms with Crippen molar-refractivity contribution in [1.82, 2.24) is 0 Å². The maximum absolute atomic E-state index is 13.6. The second-order valence-corrected chi connectivity index (χ2v) is 13.0. The number of imide groups is 2. The molecule has 5 aliphatic rings. The first kappa shape index (κ1) is 27.0. The van der Waals surface area contributed by atoms with E-state index in [0.717, 1.165) is 25.7 Å². The molecule has 8 heteroatoms. The van der Waals surface area contributed by atoms with Gasteiger partial charge in [0.15, 0.2) is 0 Å². The van der Waals surface area contributed by atoms with Crippen LogP contribution >= 0.6 is 0 Å². The maximum Gasteiger partial charge on any atom is 0.343 e. The molecule has 0 radical (unpaired) electrons. The van der Waals surface area contributed by atoms with Crippen LogP contribution in [0.2, 0.25) is 0 Å². The lowest BCUT2D eigenvalue weighted by Crippen LogP contribution is -2.32. The maximum atomic E-state index is 13.6. The summed E-state index contributed by atoms with van der Waals surface area (Å²) < 4.78 is 5.67. The molecule has 7 atom stereocenters. The Hall–Kier alpha value is -4.59. The van der Waals surface area contributed by atoms with Crippen LogP contribution < -0.4 is 14.5 Å². The Labute approximate surface area is 255 Å². The molecule has 5 fully saturated rings. The summed E-state index contributed by atoms with van der Waals surface area (Å²) >= 11 is 0. The van der Waals surface area contributed by atoms with E-state index in [9.17, 15) is 24.0 Å². The van der Waals surface area contributed by atoms with Crippen molar-refractivity contribution in [3.8, 4) is 5.75 Å². The Morgan fingerprint density at radius 3 is 1.98 bits per heavy atom. The zero-order valence-corrected chi connectivity index (χ0v) is 24.1. The molecule has 3 aliphatic carbocycles. The van der Waals surface area contributed by atoms with Crippen molar-refractivity contribution >= 4 is 41.0 Å². The van der Waals surface area contributed by atoms with E-state index >= 15 is 0 Å². The van der Waals surface area contributed by atoms with Gasteiger partial charge in [0.05, 0.1) is 40.6 Å². The molecule has 2 bridgehead atoms. The van der Waals surface area contributed by atoms with Gasteiger partial charge in [-0.1, -0.05) is 42.5 Å². The lowest BCUT2D eigenvalue weighted by Gasteiger charge is -2.28. The Kier molecular flexibility index (Phi) is 6.29. The van der Waals surface area contributed by atoms with E-state index in [-0.39, 0.29) is 76.4 Å². The van der Waals surface area contributed by atoms with E-state index in [1.54, 1.807) is 42.5 Å². The van der Waals surface area contributed by atoms with Crippen LogP contribution in [-0.2, 0) is 19.2 Å². The largest absolute Gasteiger partial charge is 0.423 e. The Morgan fingerprint density at radius 2 is 1.25 bits per heavy atom. The topological polar surface area (TPSA) is 101 Å². The van der Waals surface area contributed by atoms with Gasteiger partial charge < -0.3 is 4.74 Å². The van der Waals surface area contributed by atoms with Crippen molar-refractivity contribution < 1.29 is 28.7 Å². The molecule has 2 aliphatic heterocycles. The molecule has 222 valence electrons. The van der Waals surface area contributed by atoms with Crippen molar-refractivity contribution in [2.24, 2.45) is 35.5 Å². The molecule has 4 amide bonds. The summed E-state index contributed by atoms with van der Waals surface area (Å²) in [6.07, 6.45) is 5.08. The van der Waals surface area contributed by atoms with E-state index in [1.807, 2.05) is 18.2 Å². The van der Waals surface area contributed by atoms with Gasteiger partial charge >= 0.3 is 5.97 Å². The number of ether oxygens (including phenoxy) is 1. The second-order valence-electron chi connectivity index (χ2n) is 13.0. The summed E-state index contributed by atoms with van der Waals surface area (Å²) in [5, 5.41) is 0. The molecule has 8 nitrogen and oxygen atoms in total. The number of rotatable bonds is 5. The third kappa shape index (κ3) is 4.14. The van der Waals surface area contributed by atoms with Crippen LogP contribution in [0.1, 0.15) is 60.4 Å². The monoisotopic (exact) mass is 588 g/mol. The quantitative estimate of drug-likeness (QED) is 0.221. The number of nitrogens with zero attached hydrogens (tertiary/aromatic N) is 2. The average Bonchev–Trinajstić information content (AvgIpc) is 3.79. The number of amides is 4. The SMILES string of the molecule is O=C(Oc1cccc(N2C(=O)[C@@H]3[C@@H]4CC[C@@H](C4)[C@@H]3C2=O)c1)c1cccc(N2C(=O)[C@H]3CC[C@@H](c4ccccc4)C[C@H]3C2=O)c1. The molecule has 3 aromatic rings. The zero-order valence-electron chi connectivity index (χ0n) is 24.1. The van der Waals surface area contributed by atoms with Gasteiger partial charge in [0.25, 0.3) is 0 Å². The standard InChI is InChI=1S/C36H32N2O6/c39-32-28-15-14-21(20-6-2-1-3-7-20)18-29(28)33(40)37(32)25-9-4-8-24(17-25)36(43)44-27-11-5-10-26(19-27)38-34(41)30-22-12-13-23(16-22)31(30)35(38)42/h1-11,17,19,21-23,28-31H,12-16,18H2/t21-,22-,23+,28+,29-,30-,31+/m1/s1. The molecule has 0 unspecified atom stereocenters. The first-order valence-corrected chi connectivity index (χ1v) is 15.6. The first-order valence-electron chi connectivity index (χ1n) is 15.6. The van der Waals surface area contributed by atoms with Crippen LogP contribution in [0.25, 0.3) is 0 Å². The summed E-state index contributed by atoms with van der Waals surface area (Å²) in [6.45, 7) is 0. The Balaban J connectivity index is 0.989. The molecular weight excluding hydrogens is 556 g/mol. The van der Waals surface area contributed by atoms with Crippen molar-refractivity contribution in [1.29, 1.82) is 0 Å². The van der Waals surface area contributed by atoms with E-state index in [1.165, 1.54) is 21.4 Å². The van der Waals surface area contributed by atoms with Gasteiger partial charge in [-0.3, -0.25) is 24.1 Å². The fourth-order valence-corrected chi connectivity index (χ4v) is 8.75. The number of carbonyl (C=O) groups is 5. The van der Waals surface area contributed by atoms with Gasteiger partial charge in [-0.15, -0.1) is 0 Å². The first-order chi connectivity index (χ1) is 21.4. The minimum atomic E-state index is -0.668. The highest BCUT2D eigenvalue weighted by molar-refractivity contribution is 6.23. The highest BCUT2D eigenvalue weighted by Crippen LogP contribution is 2.56. The van der Waals surface area contributed by atoms with Crippen molar-refractivity contribution in [2.45, 2.75) is 44.4 Å². The van der Waals surface area contributed by atoms with Crippen LogP contribution in [-0.4, -0.2) is 29.6 Å². The van der Waals surface area contributed by atoms with Crippen molar-refractivity contribution in [2.75, 3.05) is 9.80 Å². The summed E-state index contributed by atoms with van der Waals surface area (Å²) in [4.78, 5) is 69.3. The zero-order chi connectivity index (χ0) is 30.1. The van der Waals surface area contributed by atoms with E-state index < -0.39 is 5.97 Å². The molecule has 8 rings (SSSR count). The van der Waals surface area contributed by atoms with Gasteiger partial charge in [0.1, 0.15) is 5.75 Å². The number of benzene rings is 3. The van der Waals surface area contributed by atoms with Crippen LogP contribution in [0.3, 0.4) is 0 Å². The number of esters is 1. The van der Waals surface area contributed by atoms with Crippen LogP contribution in [0.4, 0.5) is 11.4 Å². The predicted octanol–water partition coefficient (Wildman–Crippen LogP) is 5.51. The average molecular weight is 589 g/mol. The molecule has 3 aromatic carbocycles. The van der Waals surface area contributed by atoms with Crippen LogP contribution in [0.15, 0.2) is 78.9 Å². The molecule has 2 heterocycles. The van der Waals surface area contributed by atoms with Crippen LogP contribution in [0, 0.1) is 35.5 Å². The predicted molar refractivity (Wildman–Crippen MR) is 161 cm³/mol. The van der Waals surface area contributed by atoms with Gasteiger partial charge in [-0.05, 0) is 92.2 Å². The lowest BCUT2D eigenvalue weighted by molar-refractivity contribution is -0.124. The number of anilines is 2. The minimum Gasteiger partial charge on any atom is -0.423 e. The number of carbonyl (C=O) groups excluding carboxylic acids is 5. The molecule has 0 aromatic heterocycles. The fraction of sp³-hybridized carbons (Fsp3) is 0.361. The Morgan fingerprint density at radius 1 is 0.614 bits per heavy atom. The number of fused-ring (bicyclic) bond motifs is 6. The summed E-state index contributed by atoms with van der Waals surface area (Å²) in [7, 11) is 0. The highest BCUT2D eigenvalue weighted by Gasteiger charge is 2.61. The van der Waals surface area contributed by atoms with Gasteiger partial charge in [-0.25, -0.2) is 9.69 Å². The fourth-order valence-electron chi connectivity index (χ4n) is 8.75. The second kappa shape index (κ2) is 10.3. The van der Waals surface area contributed by atoms with E-state index in [2.05, 4.69) is 12.1 Å². The molecule has 44 heavy (non-hydrogen) atoms. The normalized spacial score (nSPS) is 30.6. The number of hydrogen-bond donors (Lipinski definition) is 0. The molecule has 3 saturated carbocycles. The minimum absolute atomic E-state index is 0.154. The van der Waals surface area contributed by atoms with Crippen molar-refractivity contribution in [3.63, 3.8) is 0 Å². The third-order valence-corrected chi connectivity index (χ3v) is 10.8. The summed E-state index contributed by atoms with van der Waals surface area (Å²) in [5.41, 5.74) is 2.12. The molecular formula is C36H32N2O6. The number of hydrogen-bond acceptors (Lipinski definition) is 6. The lowest BCUT2D eigenvalue weighted by atomic mass is 9.73. The molecule has 0 N–H and O–H groups in total. The van der Waals surface area contributed by atoms with Gasteiger partial charge in [-0.2, -0.15) is 0 Å². The van der Waals surface area contributed by atoms with E-state index in [0.29, 0.717) is 24.2 Å². The summed E-state index contributed by atoms with van der Waals surface area (Å²) in [6, 6.07) is 23.0. The molecule has 2 saturated heterocycles.